The van der Waals surface area contributed by atoms with Gasteiger partial charge in [0.1, 0.15) is 0 Å². The quantitative estimate of drug-likeness (QED) is 0.384. The molecule has 2 rings (SSSR count). The maximum atomic E-state index is 13.0. The van der Waals surface area contributed by atoms with E-state index in [-0.39, 0.29) is 31.3 Å². The molecule has 2 amide bonds. The van der Waals surface area contributed by atoms with Gasteiger partial charge in [0.15, 0.2) is 3.23 Å². The largest absolute Gasteiger partial charge is 0.352 e. The Balaban J connectivity index is 2.04. The van der Waals surface area contributed by atoms with Crippen LogP contribution in [-0.4, -0.2) is 26.5 Å². The molecule has 0 saturated heterocycles. The van der Waals surface area contributed by atoms with Gasteiger partial charge in [-0.25, -0.2) is 0 Å². The van der Waals surface area contributed by atoms with Crippen LogP contribution in [0.4, 0.5) is 0 Å². The van der Waals surface area contributed by atoms with E-state index in [0.29, 0.717) is 23.0 Å². The second kappa shape index (κ2) is 11.3. The number of carbonyl (C=O) groups is 2. The molecule has 0 spiro atoms. The van der Waals surface area contributed by atoms with Crippen LogP contribution in [0, 0.1) is 0 Å². The fourth-order valence-electron chi connectivity index (χ4n) is 2.61. The number of nitrogens with one attached hydrogen (secondary N) is 1. The van der Waals surface area contributed by atoms with Crippen molar-refractivity contribution >= 4 is 66.9 Å². The Morgan fingerprint density at radius 3 is 2.41 bits per heavy atom. The number of carbonyl (C=O) groups excluding carboxylic acids is 2. The minimum absolute atomic E-state index is 0.125. The van der Waals surface area contributed by atoms with Gasteiger partial charge in [0.05, 0.1) is 0 Å². The monoisotopic (exact) mass is 562 g/mol. The van der Waals surface area contributed by atoms with Crippen molar-refractivity contribution in [3.05, 3.63) is 69.7 Å². The summed E-state index contributed by atoms with van der Waals surface area (Å²) in [4.78, 5) is 26.9. The van der Waals surface area contributed by atoms with E-state index >= 15 is 0 Å². The van der Waals surface area contributed by atoms with Crippen LogP contribution in [0.5, 0.6) is 0 Å². The van der Waals surface area contributed by atoms with Gasteiger partial charge >= 0.3 is 0 Å². The molecule has 0 saturated carbocycles. The minimum Gasteiger partial charge on any atom is -0.352 e. The molecule has 156 valence electrons. The van der Waals surface area contributed by atoms with E-state index in [9.17, 15) is 9.59 Å². The van der Waals surface area contributed by atoms with Crippen molar-refractivity contribution in [1.29, 1.82) is 0 Å². The van der Waals surface area contributed by atoms with Crippen LogP contribution in [0.25, 0.3) is 0 Å². The summed E-state index contributed by atoms with van der Waals surface area (Å²) in [6.07, 6.45) is 0.723. The standard InChI is InChI=1S/C21H22Br2Cl2N2O2/c1-2-21(22,23)20(29)27(14-16-8-9-17(24)12-18(16)25)11-10-19(28)26-13-15-6-4-3-5-7-15/h3-9,12H,2,10-11,13-14H2,1H3,(H,26,28). The lowest BCUT2D eigenvalue weighted by Gasteiger charge is -2.29. The van der Waals surface area contributed by atoms with Gasteiger partial charge < -0.3 is 10.2 Å². The average molecular weight is 565 g/mol. The van der Waals surface area contributed by atoms with Gasteiger partial charge in [-0.15, -0.1) is 0 Å². The molecule has 29 heavy (non-hydrogen) atoms. The van der Waals surface area contributed by atoms with E-state index in [1.165, 1.54) is 0 Å². The van der Waals surface area contributed by atoms with E-state index in [1.54, 1.807) is 23.1 Å². The summed E-state index contributed by atoms with van der Waals surface area (Å²) >= 11 is 19.1. The first-order chi connectivity index (χ1) is 13.7. The van der Waals surface area contributed by atoms with Crippen LogP contribution < -0.4 is 5.32 Å². The first-order valence-electron chi connectivity index (χ1n) is 9.14. The number of rotatable bonds is 9. The van der Waals surface area contributed by atoms with Crippen molar-refractivity contribution in [2.24, 2.45) is 0 Å². The number of alkyl halides is 2. The Morgan fingerprint density at radius 2 is 1.79 bits per heavy atom. The average Bonchev–Trinajstić information content (AvgIpc) is 2.71. The fourth-order valence-corrected chi connectivity index (χ4v) is 3.58. The zero-order valence-electron chi connectivity index (χ0n) is 15.9. The smallest absolute Gasteiger partial charge is 0.250 e. The molecule has 0 aliphatic carbocycles. The SMILES string of the molecule is CCC(Br)(Br)C(=O)N(CCC(=O)NCc1ccccc1)Cc1ccc(Cl)cc1Cl. The van der Waals surface area contributed by atoms with Gasteiger partial charge in [0.25, 0.3) is 5.91 Å². The second-order valence-electron chi connectivity index (χ2n) is 6.53. The summed E-state index contributed by atoms with van der Waals surface area (Å²) in [5.41, 5.74) is 1.79. The maximum absolute atomic E-state index is 13.0. The van der Waals surface area contributed by atoms with Crippen molar-refractivity contribution in [1.82, 2.24) is 10.2 Å². The van der Waals surface area contributed by atoms with Gasteiger partial charge in [-0.1, -0.05) is 98.4 Å². The van der Waals surface area contributed by atoms with Gasteiger partial charge in [0.2, 0.25) is 5.91 Å². The van der Waals surface area contributed by atoms with Gasteiger partial charge in [-0.2, -0.15) is 0 Å². The number of nitrogens with zero attached hydrogens (tertiary/aromatic N) is 1. The summed E-state index contributed by atoms with van der Waals surface area (Å²) < 4.78 is -0.889. The van der Waals surface area contributed by atoms with Crippen molar-refractivity contribution in [3.63, 3.8) is 0 Å². The number of hydrogen-bond donors (Lipinski definition) is 1. The Kier molecular flexibility index (Phi) is 9.47. The van der Waals surface area contributed by atoms with Gasteiger partial charge in [0, 0.05) is 36.1 Å². The van der Waals surface area contributed by atoms with Gasteiger partial charge in [-0.05, 0) is 29.7 Å². The summed E-state index contributed by atoms with van der Waals surface area (Å²) in [5, 5.41) is 3.89. The van der Waals surface area contributed by atoms with Crippen LogP contribution in [0.15, 0.2) is 48.5 Å². The molecule has 0 bridgehead atoms. The minimum atomic E-state index is -0.889. The molecule has 0 atom stereocenters. The fraction of sp³-hybridized carbons (Fsp3) is 0.333. The molecule has 2 aromatic rings. The molecule has 0 aromatic heterocycles. The molecule has 0 unspecified atom stereocenters. The molecule has 0 aliphatic rings. The van der Waals surface area contributed by atoms with E-state index < -0.39 is 3.23 Å². The van der Waals surface area contributed by atoms with Gasteiger partial charge in [-0.3, -0.25) is 9.59 Å². The molecule has 0 aliphatic heterocycles. The predicted octanol–water partition coefficient (Wildman–Crippen LogP) is 5.92. The lowest BCUT2D eigenvalue weighted by molar-refractivity contribution is -0.132. The normalized spacial score (nSPS) is 11.2. The molecule has 8 heteroatoms. The zero-order chi connectivity index (χ0) is 21.4. The van der Waals surface area contributed by atoms with E-state index in [1.807, 2.05) is 37.3 Å². The van der Waals surface area contributed by atoms with Crippen LogP contribution in [0.3, 0.4) is 0 Å². The number of benzene rings is 2. The predicted molar refractivity (Wildman–Crippen MR) is 126 cm³/mol. The number of amides is 2. The van der Waals surface area contributed by atoms with Crippen LogP contribution in [-0.2, 0) is 22.7 Å². The highest BCUT2D eigenvalue weighted by Gasteiger charge is 2.34. The zero-order valence-corrected chi connectivity index (χ0v) is 20.6. The highest BCUT2D eigenvalue weighted by atomic mass is 79.9. The van der Waals surface area contributed by atoms with Crippen molar-refractivity contribution in [2.45, 2.75) is 36.1 Å². The Morgan fingerprint density at radius 1 is 1.10 bits per heavy atom. The second-order valence-corrected chi connectivity index (χ2v) is 11.1. The highest BCUT2D eigenvalue weighted by molar-refractivity contribution is 9.25. The van der Waals surface area contributed by atoms with E-state index in [2.05, 4.69) is 37.2 Å². The van der Waals surface area contributed by atoms with Crippen LogP contribution in [0.1, 0.15) is 30.9 Å². The molecule has 0 heterocycles. The molecule has 0 fully saturated rings. The van der Waals surface area contributed by atoms with Crippen LogP contribution >= 0.6 is 55.1 Å². The third-order valence-corrected chi connectivity index (χ3v) is 6.75. The molecular weight excluding hydrogens is 543 g/mol. The molecular formula is C21H22Br2Cl2N2O2. The van der Waals surface area contributed by atoms with Crippen molar-refractivity contribution < 1.29 is 9.59 Å². The number of hydrogen-bond acceptors (Lipinski definition) is 2. The molecule has 1 N–H and O–H groups in total. The van der Waals surface area contributed by atoms with Crippen molar-refractivity contribution in [3.8, 4) is 0 Å². The molecule has 4 nitrogen and oxygen atoms in total. The third-order valence-electron chi connectivity index (χ3n) is 4.36. The van der Waals surface area contributed by atoms with E-state index in [0.717, 1.165) is 11.1 Å². The highest BCUT2D eigenvalue weighted by Crippen LogP contribution is 2.33. The summed E-state index contributed by atoms with van der Waals surface area (Å²) in [7, 11) is 0. The lowest BCUT2D eigenvalue weighted by Crippen LogP contribution is -2.42. The summed E-state index contributed by atoms with van der Waals surface area (Å²) in [5.74, 6) is -0.290. The number of halogens is 4. The summed E-state index contributed by atoms with van der Waals surface area (Å²) in [6.45, 7) is 2.88. The third kappa shape index (κ3) is 7.59. The molecule has 2 aromatic carbocycles. The Hall–Kier alpha value is -1.08. The first-order valence-corrected chi connectivity index (χ1v) is 11.5. The first kappa shape index (κ1) is 24.2. The topological polar surface area (TPSA) is 49.4 Å². The summed E-state index contributed by atoms with van der Waals surface area (Å²) in [6, 6.07) is 14.8. The Labute approximate surface area is 198 Å². The molecule has 0 radical (unpaired) electrons. The Bertz CT molecular complexity index is 848. The van der Waals surface area contributed by atoms with Crippen LogP contribution in [0.2, 0.25) is 10.0 Å². The maximum Gasteiger partial charge on any atom is 0.250 e. The lowest BCUT2D eigenvalue weighted by atomic mass is 10.2. The van der Waals surface area contributed by atoms with Crippen molar-refractivity contribution in [2.75, 3.05) is 6.54 Å². The van der Waals surface area contributed by atoms with E-state index in [4.69, 9.17) is 23.2 Å².